The molecule has 108 valence electrons. The summed E-state index contributed by atoms with van der Waals surface area (Å²) in [5.74, 6) is 0.0428. The molecule has 5 nitrogen and oxygen atoms in total. The lowest BCUT2D eigenvalue weighted by Gasteiger charge is -2.28. The van der Waals surface area contributed by atoms with E-state index in [0.29, 0.717) is 26.2 Å². The van der Waals surface area contributed by atoms with Gasteiger partial charge in [-0.15, -0.1) is 0 Å². The summed E-state index contributed by atoms with van der Waals surface area (Å²) in [6, 6.07) is 0.0628. The minimum absolute atomic E-state index is 0.0428. The molecule has 1 unspecified atom stereocenters. The second-order valence-corrected chi connectivity index (χ2v) is 5.57. The fourth-order valence-corrected chi connectivity index (χ4v) is 1.64. The molecule has 0 aliphatic rings. The molecule has 1 amide bonds. The van der Waals surface area contributed by atoms with Crippen molar-refractivity contribution in [2.75, 3.05) is 33.4 Å². The van der Waals surface area contributed by atoms with Crippen molar-refractivity contribution in [2.24, 2.45) is 5.73 Å². The highest BCUT2D eigenvalue weighted by Crippen LogP contribution is 2.04. The molecule has 0 aliphatic carbocycles. The summed E-state index contributed by atoms with van der Waals surface area (Å²) >= 11 is 0. The second-order valence-electron chi connectivity index (χ2n) is 5.57. The summed E-state index contributed by atoms with van der Waals surface area (Å²) in [4.78, 5) is 13.9. The van der Waals surface area contributed by atoms with Gasteiger partial charge in [0.05, 0.1) is 6.61 Å². The molecule has 18 heavy (non-hydrogen) atoms. The molecule has 0 aromatic carbocycles. The molecular weight excluding hydrogens is 230 g/mol. The summed E-state index contributed by atoms with van der Waals surface area (Å²) in [5, 5.41) is 2.95. The van der Waals surface area contributed by atoms with E-state index in [1.54, 1.807) is 0 Å². The molecule has 0 rings (SSSR count). The van der Waals surface area contributed by atoms with Gasteiger partial charge < -0.3 is 15.8 Å². The van der Waals surface area contributed by atoms with E-state index in [-0.39, 0.29) is 17.5 Å². The van der Waals surface area contributed by atoms with Gasteiger partial charge in [0.25, 0.3) is 0 Å². The fraction of sp³-hybridized carbons (Fsp3) is 0.923. The van der Waals surface area contributed by atoms with Gasteiger partial charge in [-0.25, -0.2) is 0 Å². The minimum Gasteiger partial charge on any atom is -0.380 e. The van der Waals surface area contributed by atoms with Crippen LogP contribution in [-0.4, -0.2) is 55.7 Å². The number of hydrogen-bond acceptors (Lipinski definition) is 4. The molecule has 0 spiro atoms. The predicted molar refractivity (Wildman–Crippen MR) is 74.5 cm³/mol. The van der Waals surface area contributed by atoms with Crippen molar-refractivity contribution in [2.45, 2.75) is 45.7 Å². The van der Waals surface area contributed by atoms with Crippen molar-refractivity contribution in [1.82, 2.24) is 10.2 Å². The molecule has 0 aromatic rings. The molecule has 0 radical (unpaired) electrons. The average Bonchev–Trinajstić information content (AvgIpc) is 2.23. The number of rotatable bonds is 8. The van der Waals surface area contributed by atoms with Crippen LogP contribution in [0.1, 0.15) is 34.1 Å². The van der Waals surface area contributed by atoms with Gasteiger partial charge in [-0.1, -0.05) is 0 Å². The Balaban J connectivity index is 4.12. The van der Waals surface area contributed by atoms with Gasteiger partial charge in [-0.3, -0.25) is 9.69 Å². The van der Waals surface area contributed by atoms with Gasteiger partial charge in [-0.05, 0) is 34.7 Å². The first-order chi connectivity index (χ1) is 8.30. The van der Waals surface area contributed by atoms with Crippen molar-refractivity contribution in [1.29, 1.82) is 0 Å². The highest BCUT2D eigenvalue weighted by Gasteiger charge is 2.20. The van der Waals surface area contributed by atoms with Crippen molar-refractivity contribution in [3.05, 3.63) is 0 Å². The summed E-state index contributed by atoms with van der Waals surface area (Å²) in [6.07, 6.45) is 0.427. The Morgan fingerprint density at radius 3 is 2.50 bits per heavy atom. The summed E-state index contributed by atoms with van der Waals surface area (Å²) < 4.78 is 5.30. The van der Waals surface area contributed by atoms with Crippen LogP contribution in [0.4, 0.5) is 0 Å². The van der Waals surface area contributed by atoms with Crippen LogP contribution in [0.25, 0.3) is 0 Å². The molecule has 0 bridgehead atoms. The smallest absolute Gasteiger partial charge is 0.222 e. The number of nitrogens with one attached hydrogen (secondary N) is 1. The van der Waals surface area contributed by atoms with Gasteiger partial charge in [0.2, 0.25) is 5.91 Å². The van der Waals surface area contributed by atoms with E-state index in [4.69, 9.17) is 10.5 Å². The molecule has 0 fully saturated rings. The number of carbonyl (C=O) groups excluding carboxylic acids is 1. The zero-order chi connectivity index (χ0) is 14.2. The predicted octanol–water partition coefficient (Wildman–Crippen LogP) is 0.587. The van der Waals surface area contributed by atoms with Gasteiger partial charge in [0.1, 0.15) is 0 Å². The molecule has 0 heterocycles. The number of ether oxygens (including phenoxy) is 1. The number of hydrogen-bond donors (Lipinski definition) is 2. The van der Waals surface area contributed by atoms with E-state index < -0.39 is 0 Å². The molecule has 0 aliphatic heterocycles. The topological polar surface area (TPSA) is 67.6 Å². The van der Waals surface area contributed by atoms with E-state index in [1.807, 2.05) is 34.7 Å². The normalized spacial score (nSPS) is 13.7. The van der Waals surface area contributed by atoms with Crippen LogP contribution in [0.3, 0.4) is 0 Å². The Morgan fingerprint density at radius 1 is 1.44 bits per heavy atom. The van der Waals surface area contributed by atoms with Crippen LogP contribution >= 0.6 is 0 Å². The second kappa shape index (κ2) is 8.45. The highest BCUT2D eigenvalue weighted by atomic mass is 16.5. The van der Waals surface area contributed by atoms with Crippen molar-refractivity contribution in [3.8, 4) is 0 Å². The Labute approximate surface area is 111 Å². The van der Waals surface area contributed by atoms with E-state index in [2.05, 4.69) is 10.2 Å². The molecule has 1 atom stereocenters. The van der Waals surface area contributed by atoms with Gasteiger partial charge in [-0.2, -0.15) is 0 Å². The third-order valence-corrected chi connectivity index (χ3v) is 2.62. The van der Waals surface area contributed by atoms with E-state index in [1.165, 1.54) is 0 Å². The SMILES string of the molecule is CCOCCN(C)C(CN)CC(=O)NC(C)(C)C. The van der Waals surface area contributed by atoms with Crippen molar-refractivity contribution < 1.29 is 9.53 Å². The van der Waals surface area contributed by atoms with Crippen LogP contribution in [0.15, 0.2) is 0 Å². The Kier molecular flexibility index (Phi) is 8.15. The maximum atomic E-state index is 11.8. The van der Waals surface area contributed by atoms with E-state index >= 15 is 0 Å². The lowest BCUT2D eigenvalue weighted by Crippen LogP contribution is -2.47. The standard InChI is InChI=1S/C13H29N3O2/c1-6-18-8-7-16(5)11(10-14)9-12(17)15-13(2,3)4/h11H,6-10,14H2,1-5H3,(H,15,17). The lowest BCUT2D eigenvalue weighted by atomic mass is 10.1. The number of carbonyl (C=O) groups is 1. The molecule has 0 aromatic heterocycles. The third kappa shape index (κ3) is 8.44. The Bertz CT molecular complexity index is 239. The van der Waals surface area contributed by atoms with Crippen LogP contribution in [0.2, 0.25) is 0 Å². The maximum absolute atomic E-state index is 11.8. The quantitative estimate of drug-likeness (QED) is 0.626. The van der Waals surface area contributed by atoms with Crippen LogP contribution in [0.5, 0.6) is 0 Å². The van der Waals surface area contributed by atoms with Crippen LogP contribution in [-0.2, 0) is 9.53 Å². The number of likely N-dealkylation sites (N-methyl/N-ethyl adjacent to an activating group) is 1. The lowest BCUT2D eigenvalue weighted by molar-refractivity contribution is -0.123. The zero-order valence-electron chi connectivity index (χ0n) is 12.5. The third-order valence-electron chi connectivity index (χ3n) is 2.62. The molecule has 3 N–H and O–H groups in total. The average molecular weight is 259 g/mol. The minimum atomic E-state index is -0.194. The number of nitrogens with two attached hydrogens (primary N) is 1. The van der Waals surface area contributed by atoms with Gasteiger partial charge in [0, 0.05) is 37.7 Å². The first kappa shape index (κ1) is 17.4. The molecular formula is C13H29N3O2. The number of amides is 1. The van der Waals surface area contributed by atoms with Gasteiger partial charge >= 0.3 is 0 Å². The van der Waals surface area contributed by atoms with E-state index in [0.717, 1.165) is 6.54 Å². The fourth-order valence-electron chi connectivity index (χ4n) is 1.64. The Hall–Kier alpha value is -0.650. The largest absolute Gasteiger partial charge is 0.380 e. The van der Waals surface area contributed by atoms with E-state index in [9.17, 15) is 4.79 Å². The zero-order valence-corrected chi connectivity index (χ0v) is 12.5. The summed E-state index contributed by atoms with van der Waals surface area (Å²) in [5.41, 5.74) is 5.53. The maximum Gasteiger partial charge on any atom is 0.222 e. The molecule has 0 saturated carbocycles. The first-order valence-electron chi connectivity index (χ1n) is 6.59. The summed E-state index contributed by atoms with van der Waals surface area (Å²) in [7, 11) is 1.97. The first-order valence-corrected chi connectivity index (χ1v) is 6.59. The molecule has 5 heteroatoms. The molecule has 0 saturated heterocycles. The van der Waals surface area contributed by atoms with Crippen LogP contribution < -0.4 is 11.1 Å². The highest BCUT2D eigenvalue weighted by molar-refractivity contribution is 5.77. The van der Waals surface area contributed by atoms with Crippen molar-refractivity contribution >= 4 is 5.91 Å². The number of nitrogens with zero attached hydrogens (tertiary/aromatic N) is 1. The van der Waals surface area contributed by atoms with Gasteiger partial charge in [0.15, 0.2) is 0 Å². The summed E-state index contributed by atoms with van der Waals surface area (Å²) in [6.45, 7) is 10.5. The Morgan fingerprint density at radius 2 is 2.06 bits per heavy atom. The monoisotopic (exact) mass is 259 g/mol. The van der Waals surface area contributed by atoms with Crippen LogP contribution in [0, 0.1) is 0 Å². The van der Waals surface area contributed by atoms with Crippen molar-refractivity contribution in [3.63, 3.8) is 0 Å².